The Bertz CT molecular complexity index is 569. The molecule has 0 spiro atoms. The first-order chi connectivity index (χ1) is 11.6. The summed E-state index contributed by atoms with van der Waals surface area (Å²) in [6, 6.07) is 8.34. The van der Waals surface area contributed by atoms with Gasteiger partial charge in [-0.15, -0.1) is 11.8 Å². The molecule has 4 saturated carbocycles. The Hall–Kier alpha value is -0.680. The molecule has 2 N–H and O–H groups in total. The number of thioether (sulfide) groups is 1. The number of hydrogen-bond acceptors (Lipinski definition) is 2. The minimum Gasteiger partial charge on any atom is -0.337 e. The van der Waals surface area contributed by atoms with Crippen LogP contribution < -0.4 is 10.6 Å². The molecule has 0 aliphatic heterocycles. The normalized spacial score (nSPS) is 33.5. The molecule has 0 saturated heterocycles. The van der Waals surface area contributed by atoms with Crippen molar-refractivity contribution in [1.82, 2.24) is 10.6 Å². The van der Waals surface area contributed by atoms with Crippen LogP contribution in [0.15, 0.2) is 33.6 Å². The lowest BCUT2D eigenvalue weighted by molar-refractivity contribution is -0.0134. The van der Waals surface area contributed by atoms with Crippen LogP contribution in [0.1, 0.15) is 38.5 Å². The Morgan fingerprint density at radius 1 is 1.08 bits per heavy atom. The SMILES string of the molecule is O=C(NCCSc1ccc(Br)cc1)NC12CC3CC(CC(C3)C1)C2. The van der Waals surface area contributed by atoms with Gasteiger partial charge in [0, 0.05) is 27.2 Å². The van der Waals surface area contributed by atoms with Crippen molar-refractivity contribution in [3.8, 4) is 0 Å². The minimum absolute atomic E-state index is 0.0355. The number of carbonyl (C=O) groups is 1. The molecule has 4 aliphatic carbocycles. The second-order valence-electron chi connectivity index (χ2n) is 7.88. The Morgan fingerprint density at radius 3 is 2.25 bits per heavy atom. The van der Waals surface area contributed by atoms with Crippen molar-refractivity contribution in [2.24, 2.45) is 17.8 Å². The van der Waals surface area contributed by atoms with Crippen LogP contribution in [-0.2, 0) is 0 Å². The highest BCUT2D eigenvalue weighted by Gasteiger charge is 2.51. The predicted octanol–water partition coefficient (Wildman–Crippen LogP) is 4.81. The van der Waals surface area contributed by atoms with Crippen LogP contribution in [-0.4, -0.2) is 23.9 Å². The molecule has 2 amide bonds. The minimum atomic E-state index is 0.0355. The van der Waals surface area contributed by atoms with E-state index in [9.17, 15) is 4.79 Å². The average Bonchev–Trinajstić information content (AvgIpc) is 2.51. The first-order valence-electron chi connectivity index (χ1n) is 9.05. The molecule has 3 nitrogen and oxygen atoms in total. The lowest BCUT2D eigenvalue weighted by Crippen LogP contribution is -2.61. The van der Waals surface area contributed by atoms with Gasteiger partial charge in [0.15, 0.2) is 0 Å². The third-order valence-corrected chi connectivity index (χ3v) is 7.43. The van der Waals surface area contributed by atoms with Crippen molar-refractivity contribution in [1.29, 1.82) is 0 Å². The fourth-order valence-corrected chi connectivity index (χ4v) is 6.45. The highest BCUT2D eigenvalue weighted by atomic mass is 79.9. The Kier molecular flexibility index (Phi) is 4.83. The van der Waals surface area contributed by atoms with E-state index in [1.165, 1.54) is 43.4 Å². The molecule has 0 radical (unpaired) electrons. The van der Waals surface area contributed by atoms with Gasteiger partial charge in [0.25, 0.3) is 0 Å². The summed E-state index contributed by atoms with van der Waals surface area (Å²) >= 11 is 5.22. The first-order valence-corrected chi connectivity index (χ1v) is 10.8. The van der Waals surface area contributed by atoms with Crippen molar-refractivity contribution in [3.05, 3.63) is 28.7 Å². The van der Waals surface area contributed by atoms with Crippen LogP contribution >= 0.6 is 27.7 Å². The van der Waals surface area contributed by atoms with Gasteiger partial charge in [0.05, 0.1) is 0 Å². The van der Waals surface area contributed by atoms with Crippen molar-refractivity contribution in [3.63, 3.8) is 0 Å². The fourth-order valence-electron chi connectivity index (χ4n) is 5.41. The molecule has 0 aromatic heterocycles. The van der Waals surface area contributed by atoms with Gasteiger partial charge in [-0.2, -0.15) is 0 Å². The zero-order valence-corrected chi connectivity index (χ0v) is 16.3. The summed E-state index contributed by atoms with van der Waals surface area (Å²) in [6.45, 7) is 0.707. The predicted molar refractivity (Wildman–Crippen MR) is 102 cm³/mol. The molecule has 4 aliphatic rings. The van der Waals surface area contributed by atoms with Gasteiger partial charge in [0.2, 0.25) is 0 Å². The summed E-state index contributed by atoms with van der Waals surface area (Å²) in [7, 11) is 0. The van der Waals surface area contributed by atoms with E-state index in [-0.39, 0.29) is 11.6 Å². The largest absolute Gasteiger partial charge is 0.337 e. The number of hydrogen-bond donors (Lipinski definition) is 2. The number of rotatable bonds is 5. The maximum absolute atomic E-state index is 12.3. The Labute approximate surface area is 156 Å². The summed E-state index contributed by atoms with van der Waals surface area (Å²) in [4.78, 5) is 13.6. The lowest BCUT2D eigenvalue weighted by Gasteiger charge is -2.56. The first kappa shape index (κ1) is 16.8. The van der Waals surface area contributed by atoms with Gasteiger partial charge in [-0.1, -0.05) is 15.9 Å². The fraction of sp³-hybridized carbons (Fsp3) is 0.632. The second-order valence-corrected chi connectivity index (χ2v) is 9.97. The quantitative estimate of drug-likeness (QED) is 0.541. The van der Waals surface area contributed by atoms with Crippen molar-refractivity contribution < 1.29 is 4.79 Å². The number of halogens is 1. The number of carbonyl (C=O) groups excluding carboxylic acids is 1. The van der Waals surface area contributed by atoms with Gasteiger partial charge < -0.3 is 10.6 Å². The van der Waals surface area contributed by atoms with Crippen LogP contribution in [0.3, 0.4) is 0 Å². The molecular formula is C19H25BrN2OS. The van der Waals surface area contributed by atoms with Crippen LogP contribution in [0.4, 0.5) is 4.79 Å². The number of urea groups is 1. The van der Waals surface area contributed by atoms with E-state index < -0.39 is 0 Å². The molecule has 1 aromatic carbocycles. The third kappa shape index (κ3) is 3.77. The third-order valence-electron chi connectivity index (χ3n) is 5.89. The van der Waals surface area contributed by atoms with Gasteiger partial charge in [-0.05, 0) is 80.5 Å². The molecule has 0 unspecified atom stereocenters. The van der Waals surface area contributed by atoms with Gasteiger partial charge in [-0.25, -0.2) is 4.79 Å². The molecule has 1 aromatic rings. The van der Waals surface area contributed by atoms with Crippen LogP contribution in [0.5, 0.6) is 0 Å². The highest BCUT2D eigenvalue weighted by molar-refractivity contribution is 9.10. The number of amides is 2. The summed E-state index contributed by atoms with van der Waals surface area (Å²) < 4.78 is 1.10. The molecule has 5 heteroatoms. The van der Waals surface area contributed by atoms with Crippen molar-refractivity contribution in [2.75, 3.05) is 12.3 Å². The molecule has 4 fully saturated rings. The molecule has 0 heterocycles. The van der Waals surface area contributed by atoms with Crippen molar-refractivity contribution in [2.45, 2.75) is 49.0 Å². The van der Waals surface area contributed by atoms with Crippen molar-refractivity contribution >= 4 is 33.7 Å². The maximum Gasteiger partial charge on any atom is 0.315 e. The number of nitrogens with one attached hydrogen (secondary N) is 2. The molecule has 130 valence electrons. The van der Waals surface area contributed by atoms with E-state index in [1.54, 1.807) is 11.8 Å². The number of benzene rings is 1. The van der Waals surface area contributed by atoms with E-state index in [2.05, 4.69) is 50.8 Å². The smallest absolute Gasteiger partial charge is 0.315 e. The topological polar surface area (TPSA) is 41.1 Å². The maximum atomic E-state index is 12.3. The zero-order chi connectivity index (χ0) is 16.6. The summed E-state index contributed by atoms with van der Waals surface area (Å²) in [5, 5.41) is 6.42. The molecule has 4 bridgehead atoms. The van der Waals surface area contributed by atoms with Crippen LogP contribution in [0, 0.1) is 17.8 Å². The highest BCUT2D eigenvalue weighted by Crippen LogP contribution is 2.55. The molecule has 5 rings (SSSR count). The van der Waals surface area contributed by atoms with E-state index >= 15 is 0 Å². The Balaban J connectivity index is 1.22. The van der Waals surface area contributed by atoms with Gasteiger partial charge >= 0.3 is 6.03 Å². The molecule has 24 heavy (non-hydrogen) atoms. The summed E-state index contributed by atoms with van der Waals surface area (Å²) in [5.74, 6) is 3.49. The standard InChI is InChI=1S/C19H25BrN2OS/c20-16-1-3-17(4-2-16)24-6-5-21-18(23)22-19-10-13-7-14(11-19)9-15(8-13)12-19/h1-4,13-15H,5-12H2,(H2,21,22,23). The van der Waals surface area contributed by atoms with E-state index in [1.807, 2.05) is 0 Å². The van der Waals surface area contributed by atoms with E-state index in [0.29, 0.717) is 6.54 Å². The van der Waals surface area contributed by atoms with Crippen LogP contribution in [0.2, 0.25) is 0 Å². The van der Waals surface area contributed by atoms with Gasteiger partial charge in [0.1, 0.15) is 0 Å². The average molecular weight is 409 g/mol. The van der Waals surface area contributed by atoms with E-state index in [0.717, 1.165) is 28.0 Å². The molecular weight excluding hydrogens is 384 g/mol. The summed E-state index contributed by atoms with van der Waals surface area (Å²) in [6.07, 6.45) is 7.85. The van der Waals surface area contributed by atoms with Gasteiger partial charge in [-0.3, -0.25) is 0 Å². The monoisotopic (exact) mass is 408 g/mol. The Morgan fingerprint density at radius 2 is 1.67 bits per heavy atom. The zero-order valence-electron chi connectivity index (χ0n) is 13.9. The van der Waals surface area contributed by atoms with Crippen LogP contribution in [0.25, 0.3) is 0 Å². The molecule has 0 atom stereocenters. The lowest BCUT2D eigenvalue weighted by atomic mass is 9.53. The van der Waals surface area contributed by atoms with E-state index in [4.69, 9.17) is 0 Å². The second kappa shape index (κ2) is 6.91. The summed E-state index contributed by atoms with van der Waals surface area (Å²) in [5.41, 5.74) is 0.109.